The van der Waals surface area contributed by atoms with E-state index in [-0.39, 0.29) is 17.9 Å². The van der Waals surface area contributed by atoms with Crippen LogP contribution in [0.1, 0.15) is 64.9 Å². The number of likely N-dealkylation sites (tertiary alicyclic amines) is 1. The number of ether oxygens (including phenoxy) is 2. The molecule has 328 valence electrons. The number of aryl methyl sites for hydroxylation is 5. The van der Waals surface area contributed by atoms with Crippen molar-refractivity contribution in [1.29, 1.82) is 0 Å². The molecule has 1 unspecified atom stereocenters. The van der Waals surface area contributed by atoms with E-state index in [1.807, 2.05) is 71.2 Å². The quantitative estimate of drug-likeness (QED) is 0.106. The molecule has 2 aliphatic heterocycles. The number of anilines is 1. The van der Waals surface area contributed by atoms with Crippen LogP contribution in [-0.4, -0.2) is 90.4 Å². The van der Waals surface area contributed by atoms with E-state index in [1.165, 1.54) is 0 Å². The number of amides is 2. The van der Waals surface area contributed by atoms with Crippen molar-refractivity contribution >= 4 is 62.5 Å². The molecule has 1 fully saturated rings. The lowest BCUT2D eigenvalue weighted by molar-refractivity contribution is -0.135. The molecule has 6 heterocycles. The van der Waals surface area contributed by atoms with E-state index in [0.717, 1.165) is 96.1 Å². The van der Waals surface area contributed by atoms with Crippen molar-refractivity contribution in [3.63, 3.8) is 0 Å². The highest BCUT2D eigenvalue weighted by Gasteiger charge is 2.38. The smallest absolute Gasteiger partial charge is 0.275 e. The molecule has 1 saturated heterocycles. The first-order valence-corrected chi connectivity index (χ1v) is 22.3. The Balaban J connectivity index is 1.12. The molecule has 7 aromatic rings. The van der Waals surface area contributed by atoms with Gasteiger partial charge in [-0.2, -0.15) is 10.2 Å². The first-order valence-electron chi connectivity index (χ1n) is 21.6. The van der Waals surface area contributed by atoms with Gasteiger partial charge in [-0.1, -0.05) is 29.3 Å². The van der Waals surface area contributed by atoms with Gasteiger partial charge in [0.25, 0.3) is 5.91 Å². The van der Waals surface area contributed by atoms with E-state index in [2.05, 4.69) is 47.4 Å². The molecule has 2 amide bonds. The Morgan fingerprint density at radius 2 is 1.70 bits per heavy atom. The third-order valence-electron chi connectivity index (χ3n) is 12.9. The maximum Gasteiger partial charge on any atom is 0.275 e. The van der Waals surface area contributed by atoms with Gasteiger partial charge in [0.2, 0.25) is 5.91 Å². The third kappa shape index (κ3) is 7.57. The second-order valence-electron chi connectivity index (χ2n) is 17.3. The topological polar surface area (TPSA) is 117 Å². The van der Waals surface area contributed by atoms with Gasteiger partial charge in [-0.05, 0) is 101 Å². The standard InChI is InChI=1S/C48H53Cl2N9O4/c1-27-18-35(19-28(2)44(27)50)63-16-9-10-36-37-12-13-39(49)43(42-30(4)52-54(7)31(42)5)45(37)59-29(3)21-58(48(61)46(36)59)41-25-55(15-17-62-8)40-14-11-34(20-38(40)41)47-51-26-57(53-47)24-33-22-56(23-33)32(6)60/h11-14,18-20,25-26,29,33H,9-10,15-17,21-24H2,1-8H3. The minimum absolute atomic E-state index is 0.0791. The van der Waals surface area contributed by atoms with Crippen LogP contribution in [0.2, 0.25) is 10.0 Å². The Morgan fingerprint density at radius 1 is 0.937 bits per heavy atom. The summed E-state index contributed by atoms with van der Waals surface area (Å²) in [5.41, 5.74) is 10.9. The van der Waals surface area contributed by atoms with Crippen molar-refractivity contribution in [3.05, 3.63) is 98.8 Å². The molecule has 0 spiro atoms. The number of hydrogen-bond donors (Lipinski definition) is 0. The molecule has 0 bridgehead atoms. The van der Waals surface area contributed by atoms with Gasteiger partial charge < -0.3 is 28.4 Å². The Labute approximate surface area is 377 Å². The summed E-state index contributed by atoms with van der Waals surface area (Å²) in [7, 11) is 3.64. The average Bonchev–Trinajstić information content (AvgIpc) is 4.00. The van der Waals surface area contributed by atoms with Gasteiger partial charge >= 0.3 is 0 Å². The number of aromatic nitrogens is 7. The predicted molar refractivity (Wildman–Crippen MR) is 248 cm³/mol. The summed E-state index contributed by atoms with van der Waals surface area (Å²) >= 11 is 13.7. The normalized spacial score (nSPS) is 15.5. The van der Waals surface area contributed by atoms with Crippen LogP contribution in [0.4, 0.5) is 5.69 Å². The fraction of sp³-hybridized carbons (Fsp3) is 0.396. The van der Waals surface area contributed by atoms with E-state index in [0.29, 0.717) is 68.1 Å². The summed E-state index contributed by atoms with van der Waals surface area (Å²) in [6.45, 7) is 16.0. The van der Waals surface area contributed by atoms with E-state index < -0.39 is 0 Å². The average molecular weight is 891 g/mol. The maximum atomic E-state index is 15.5. The van der Waals surface area contributed by atoms with Crippen LogP contribution in [0.5, 0.6) is 5.75 Å². The number of benzene rings is 3. The van der Waals surface area contributed by atoms with E-state index in [1.54, 1.807) is 20.4 Å². The number of methoxy groups -OCH3 is 1. The summed E-state index contributed by atoms with van der Waals surface area (Å²) in [6, 6.07) is 14.1. The lowest BCUT2D eigenvalue weighted by Gasteiger charge is -2.38. The first-order chi connectivity index (χ1) is 30.2. The molecule has 13 nitrogen and oxygen atoms in total. The maximum absolute atomic E-state index is 15.5. The van der Waals surface area contributed by atoms with Gasteiger partial charge in [0.05, 0.1) is 40.7 Å². The molecule has 1 atom stereocenters. The largest absolute Gasteiger partial charge is 0.494 e. The van der Waals surface area contributed by atoms with E-state index >= 15 is 4.79 Å². The van der Waals surface area contributed by atoms with Crippen molar-refractivity contribution in [2.24, 2.45) is 13.0 Å². The van der Waals surface area contributed by atoms with Crippen LogP contribution in [-0.2, 0) is 36.1 Å². The number of hydrogen-bond acceptors (Lipinski definition) is 7. The zero-order valence-electron chi connectivity index (χ0n) is 37.1. The van der Waals surface area contributed by atoms with Crippen LogP contribution < -0.4 is 9.64 Å². The Hall–Kier alpha value is -5.63. The van der Waals surface area contributed by atoms with Gasteiger partial charge in [-0.15, -0.1) is 0 Å². The Kier molecular flexibility index (Phi) is 11.4. The van der Waals surface area contributed by atoms with Crippen molar-refractivity contribution in [3.8, 4) is 28.3 Å². The lowest BCUT2D eigenvalue weighted by atomic mass is 9.98. The molecule has 4 aromatic heterocycles. The highest BCUT2D eigenvalue weighted by molar-refractivity contribution is 6.35. The van der Waals surface area contributed by atoms with Crippen molar-refractivity contribution < 1.29 is 19.1 Å². The minimum Gasteiger partial charge on any atom is -0.494 e. The summed E-state index contributed by atoms with van der Waals surface area (Å²) in [4.78, 5) is 35.8. The van der Waals surface area contributed by atoms with Crippen molar-refractivity contribution in [2.45, 2.75) is 73.5 Å². The summed E-state index contributed by atoms with van der Waals surface area (Å²) in [6.07, 6.45) is 5.11. The van der Waals surface area contributed by atoms with Gasteiger partial charge in [-0.3, -0.25) is 19.0 Å². The van der Waals surface area contributed by atoms with Gasteiger partial charge in [-0.25, -0.2) is 4.98 Å². The molecule has 63 heavy (non-hydrogen) atoms. The first kappa shape index (κ1) is 42.7. The van der Waals surface area contributed by atoms with Crippen LogP contribution in [0.3, 0.4) is 0 Å². The van der Waals surface area contributed by atoms with Gasteiger partial charge in [0.15, 0.2) is 5.82 Å². The van der Waals surface area contributed by atoms with Crippen LogP contribution in [0.25, 0.3) is 44.3 Å². The van der Waals surface area contributed by atoms with Crippen molar-refractivity contribution in [1.82, 2.24) is 38.6 Å². The van der Waals surface area contributed by atoms with Gasteiger partial charge in [0, 0.05) is 110 Å². The number of carbonyl (C=O) groups excluding carboxylic acids is 2. The highest BCUT2D eigenvalue weighted by atomic mass is 35.5. The SMILES string of the molecule is COCCn1cc(N2CC(C)n3c(c(CCCOc4cc(C)c(Cl)c(C)c4)c4ccc(Cl)c(-c5c(C)nn(C)c5C)c43)C2=O)c2cc(-c3ncn(CC4CN(C(C)=O)C4)n3)ccc21. The molecule has 0 saturated carbocycles. The third-order valence-corrected chi connectivity index (χ3v) is 13.8. The van der Waals surface area contributed by atoms with E-state index in [4.69, 9.17) is 47.9 Å². The molecule has 15 heteroatoms. The minimum atomic E-state index is -0.122. The molecule has 0 aliphatic carbocycles. The number of rotatable bonds is 13. The fourth-order valence-electron chi connectivity index (χ4n) is 9.67. The summed E-state index contributed by atoms with van der Waals surface area (Å²) in [5.74, 6) is 1.74. The molecular weight excluding hydrogens is 837 g/mol. The summed E-state index contributed by atoms with van der Waals surface area (Å²) < 4.78 is 20.0. The van der Waals surface area contributed by atoms with Crippen LogP contribution >= 0.6 is 23.2 Å². The Morgan fingerprint density at radius 3 is 2.40 bits per heavy atom. The summed E-state index contributed by atoms with van der Waals surface area (Å²) in [5, 5.41) is 12.9. The number of halogens is 2. The van der Waals surface area contributed by atoms with Gasteiger partial charge in [0.1, 0.15) is 17.8 Å². The molecule has 3 aromatic carbocycles. The lowest BCUT2D eigenvalue weighted by Crippen LogP contribution is -2.50. The second kappa shape index (κ2) is 16.8. The van der Waals surface area contributed by atoms with E-state index in [9.17, 15) is 4.79 Å². The molecule has 0 radical (unpaired) electrons. The zero-order chi connectivity index (χ0) is 44.4. The number of fused-ring (bicyclic) bond motifs is 4. The van der Waals surface area contributed by atoms with Crippen LogP contribution in [0.15, 0.2) is 55.0 Å². The molecular formula is C48H53Cl2N9O4. The molecule has 9 rings (SSSR count). The van der Waals surface area contributed by atoms with Crippen molar-refractivity contribution in [2.75, 3.05) is 44.9 Å². The number of carbonyl (C=O) groups is 2. The molecule has 0 N–H and O–H groups in total. The second-order valence-corrected chi connectivity index (χ2v) is 18.1. The zero-order valence-corrected chi connectivity index (χ0v) is 38.6. The Bertz CT molecular complexity index is 2910. The van der Waals surface area contributed by atoms with Crippen LogP contribution in [0, 0.1) is 33.6 Å². The molecule has 2 aliphatic rings. The number of nitrogens with zero attached hydrogens (tertiary/aromatic N) is 9. The predicted octanol–water partition coefficient (Wildman–Crippen LogP) is 9.15. The highest BCUT2D eigenvalue weighted by Crippen LogP contribution is 2.46. The fourth-order valence-corrected chi connectivity index (χ4v) is 10.0. The monoisotopic (exact) mass is 889 g/mol.